The van der Waals surface area contributed by atoms with Gasteiger partial charge in [0.2, 0.25) is 0 Å². The molecule has 0 aromatic carbocycles. The van der Waals surface area contributed by atoms with E-state index in [0.29, 0.717) is 0 Å². The molecule has 1 aromatic rings. The van der Waals surface area contributed by atoms with Crippen LogP contribution < -0.4 is 0 Å². The molecule has 1 heterocycles. The van der Waals surface area contributed by atoms with Crippen LogP contribution in [0.15, 0.2) is 9.24 Å². The molecule has 1 aromatic heterocycles. The maximum Gasteiger partial charge on any atom is 0.142 e. The smallest absolute Gasteiger partial charge is 0.131 e. The van der Waals surface area contributed by atoms with Crippen LogP contribution in [0, 0.1) is 0 Å². The first-order chi connectivity index (χ1) is 5.84. The Morgan fingerprint density at radius 3 is 2.92 bits per heavy atom. The van der Waals surface area contributed by atoms with Gasteiger partial charge in [-0.05, 0) is 23.7 Å². The highest BCUT2D eigenvalue weighted by Crippen LogP contribution is 2.27. The summed E-state index contributed by atoms with van der Waals surface area (Å²) >= 11 is 7.43. The van der Waals surface area contributed by atoms with E-state index in [1.807, 2.05) is 11.8 Å². The first-order valence-electron chi connectivity index (χ1n) is 3.98. The number of nitrogens with zero attached hydrogens (tertiary/aromatic N) is 2. The van der Waals surface area contributed by atoms with E-state index >= 15 is 0 Å². The number of hydrogen-bond donors (Lipinski definition) is 1. The Balaban J connectivity index is 2.20. The summed E-state index contributed by atoms with van der Waals surface area (Å²) in [6.07, 6.45) is 3.85. The summed E-state index contributed by atoms with van der Waals surface area (Å²) in [6, 6.07) is 0. The van der Waals surface area contributed by atoms with E-state index < -0.39 is 0 Å². The average molecular weight is 220 g/mol. The van der Waals surface area contributed by atoms with E-state index in [0.717, 1.165) is 15.0 Å². The van der Waals surface area contributed by atoms with E-state index in [4.69, 9.17) is 0 Å². The van der Waals surface area contributed by atoms with Gasteiger partial charge in [0.1, 0.15) is 9.24 Å². The van der Waals surface area contributed by atoms with E-state index in [1.165, 1.54) is 30.8 Å². The van der Waals surface area contributed by atoms with E-state index in [2.05, 4.69) is 29.1 Å². The first kappa shape index (κ1) is 10.3. The molecule has 12 heavy (non-hydrogen) atoms. The van der Waals surface area contributed by atoms with Gasteiger partial charge in [-0.1, -0.05) is 24.3 Å². The summed E-state index contributed by atoms with van der Waals surface area (Å²) in [5, 5.41) is 4.61. The number of unbranched alkanes of at least 4 members (excludes halogenated alkanes) is 2. The molecule has 0 saturated carbocycles. The average Bonchev–Trinajstić information content (AvgIpc) is 2.46. The van der Waals surface area contributed by atoms with Gasteiger partial charge in [0.05, 0.1) is 0 Å². The fourth-order valence-electron chi connectivity index (χ4n) is 0.786. The molecule has 68 valence electrons. The molecule has 0 fully saturated rings. The van der Waals surface area contributed by atoms with Crippen LogP contribution in [0.5, 0.6) is 0 Å². The van der Waals surface area contributed by atoms with E-state index in [-0.39, 0.29) is 0 Å². The Morgan fingerprint density at radius 2 is 2.33 bits per heavy atom. The van der Waals surface area contributed by atoms with Gasteiger partial charge in [-0.25, -0.2) is 0 Å². The maximum atomic E-state index is 4.19. The van der Waals surface area contributed by atoms with Crippen LogP contribution in [0.25, 0.3) is 0 Å². The van der Waals surface area contributed by atoms with Crippen molar-refractivity contribution in [2.24, 2.45) is 0 Å². The van der Waals surface area contributed by atoms with Crippen molar-refractivity contribution in [3.8, 4) is 0 Å². The predicted molar refractivity (Wildman–Crippen MR) is 57.4 cm³/mol. The Hall–Kier alpha value is 0.260. The van der Waals surface area contributed by atoms with Gasteiger partial charge in [-0.2, -0.15) is 0 Å². The van der Waals surface area contributed by atoms with Crippen molar-refractivity contribution in [2.45, 2.75) is 35.4 Å². The van der Waals surface area contributed by atoms with E-state index in [9.17, 15) is 0 Å². The van der Waals surface area contributed by atoms with Crippen molar-refractivity contribution in [1.82, 2.24) is 9.59 Å². The number of rotatable bonds is 5. The zero-order valence-corrected chi connectivity index (χ0v) is 9.51. The van der Waals surface area contributed by atoms with Crippen molar-refractivity contribution >= 4 is 35.9 Å². The zero-order chi connectivity index (χ0) is 8.81. The van der Waals surface area contributed by atoms with Crippen LogP contribution in [0.2, 0.25) is 0 Å². The van der Waals surface area contributed by atoms with Crippen molar-refractivity contribution in [3.05, 3.63) is 0 Å². The Morgan fingerprint density at radius 1 is 1.50 bits per heavy atom. The third kappa shape index (κ3) is 3.33. The fraction of sp³-hybridized carbons (Fsp3) is 0.714. The molecule has 0 aliphatic carbocycles. The molecule has 0 aliphatic heterocycles. The standard InChI is InChI=1S/C7H12N2S3/c1-2-3-4-5-11-7-6(10)8-9-12-7/h10H,2-5H2,1H3. The number of aromatic nitrogens is 2. The molecule has 0 N–H and O–H groups in total. The normalized spacial score (nSPS) is 10.5. The summed E-state index contributed by atoms with van der Waals surface area (Å²) in [7, 11) is 0. The lowest BCUT2D eigenvalue weighted by Gasteiger charge is -1.96. The molecule has 0 radical (unpaired) electrons. The summed E-state index contributed by atoms with van der Waals surface area (Å²) in [5.74, 6) is 1.16. The molecule has 0 unspecified atom stereocenters. The van der Waals surface area contributed by atoms with Crippen molar-refractivity contribution < 1.29 is 0 Å². The zero-order valence-electron chi connectivity index (χ0n) is 6.99. The minimum absolute atomic E-state index is 0.779. The van der Waals surface area contributed by atoms with Crippen LogP contribution >= 0.6 is 35.9 Å². The monoisotopic (exact) mass is 220 g/mol. The Kier molecular flexibility index (Phi) is 5.02. The van der Waals surface area contributed by atoms with Crippen LogP contribution in [0.4, 0.5) is 0 Å². The summed E-state index contributed by atoms with van der Waals surface area (Å²) < 4.78 is 4.96. The number of thiol groups is 1. The molecule has 0 bridgehead atoms. The molecule has 0 spiro atoms. The van der Waals surface area contributed by atoms with Gasteiger partial charge in [0.15, 0.2) is 0 Å². The molecular formula is C7H12N2S3. The van der Waals surface area contributed by atoms with Gasteiger partial charge in [-0.3, -0.25) is 0 Å². The highest BCUT2D eigenvalue weighted by atomic mass is 32.2. The SMILES string of the molecule is CCCCCSc1snnc1S. The summed E-state index contributed by atoms with van der Waals surface area (Å²) in [4.78, 5) is 0. The van der Waals surface area contributed by atoms with Crippen LogP contribution in [0.3, 0.4) is 0 Å². The van der Waals surface area contributed by atoms with Gasteiger partial charge >= 0.3 is 0 Å². The predicted octanol–water partition coefficient (Wildman–Crippen LogP) is 3.11. The molecule has 5 heteroatoms. The lowest BCUT2D eigenvalue weighted by molar-refractivity contribution is 0.778. The first-order valence-corrected chi connectivity index (χ1v) is 6.19. The second-order valence-electron chi connectivity index (χ2n) is 2.44. The highest BCUT2D eigenvalue weighted by Gasteiger charge is 2.02. The highest BCUT2D eigenvalue weighted by molar-refractivity contribution is 8.01. The topological polar surface area (TPSA) is 25.8 Å². The number of hydrogen-bond acceptors (Lipinski definition) is 5. The van der Waals surface area contributed by atoms with Crippen LogP contribution in [-0.2, 0) is 0 Å². The van der Waals surface area contributed by atoms with Gasteiger partial charge < -0.3 is 0 Å². The minimum atomic E-state index is 0.779. The number of thioether (sulfide) groups is 1. The lowest BCUT2D eigenvalue weighted by atomic mass is 10.3. The summed E-state index contributed by atoms with van der Waals surface area (Å²) in [5.41, 5.74) is 0. The quantitative estimate of drug-likeness (QED) is 0.469. The Bertz CT molecular complexity index is 224. The van der Waals surface area contributed by atoms with Crippen LogP contribution in [-0.4, -0.2) is 15.3 Å². The summed E-state index contributed by atoms with van der Waals surface area (Å²) in [6.45, 7) is 2.21. The Labute approximate surface area is 86.7 Å². The molecule has 2 nitrogen and oxygen atoms in total. The van der Waals surface area contributed by atoms with Gasteiger partial charge in [0.25, 0.3) is 0 Å². The maximum absolute atomic E-state index is 4.19. The molecule has 0 amide bonds. The second-order valence-corrected chi connectivity index (χ2v) is 4.98. The second kappa shape index (κ2) is 5.83. The minimum Gasteiger partial charge on any atom is -0.131 e. The largest absolute Gasteiger partial charge is 0.142 e. The molecule has 0 aliphatic rings. The van der Waals surface area contributed by atoms with Crippen LogP contribution in [0.1, 0.15) is 26.2 Å². The lowest BCUT2D eigenvalue weighted by Crippen LogP contribution is -1.78. The van der Waals surface area contributed by atoms with Crippen molar-refractivity contribution in [2.75, 3.05) is 5.75 Å². The van der Waals surface area contributed by atoms with E-state index in [1.54, 1.807) is 0 Å². The van der Waals surface area contributed by atoms with Gasteiger partial charge in [-0.15, -0.1) is 29.5 Å². The fourth-order valence-corrected chi connectivity index (χ4v) is 2.79. The molecule has 1 rings (SSSR count). The molecule has 0 atom stereocenters. The van der Waals surface area contributed by atoms with Crippen molar-refractivity contribution in [3.63, 3.8) is 0 Å². The third-order valence-corrected chi connectivity index (χ3v) is 4.09. The molecule has 0 saturated heterocycles. The van der Waals surface area contributed by atoms with Gasteiger partial charge in [0, 0.05) is 0 Å². The van der Waals surface area contributed by atoms with Crippen molar-refractivity contribution in [1.29, 1.82) is 0 Å². The molecular weight excluding hydrogens is 208 g/mol. The third-order valence-electron chi connectivity index (χ3n) is 1.42.